The number of aromatic nitrogens is 3. The van der Waals surface area contributed by atoms with Gasteiger partial charge in [0.15, 0.2) is 0 Å². The van der Waals surface area contributed by atoms with Gasteiger partial charge in [0.1, 0.15) is 18.4 Å². The lowest BCUT2D eigenvalue weighted by Gasteiger charge is -2.28. The number of thioether (sulfide) groups is 1. The lowest BCUT2D eigenvalue weighted by molar-refractivity contribution is -0.138. The number of hydrogen-bond donors (Lipinski definition) is 2. The number of anilines is 1. The highest BCUT2D eigenvalue weighted by Crippen LogP contribution is 2.38. The molecule has 0 fully saturated rings. The van der Waals surface area contributed by atoms with Crippen LogP contribution in [0.3, 0.4) is 0 Å². The first kappa shape index (κ1) is 22.0. The van der Waals surface area contributed by atoms with Gasteiger partial charge in [-0.15, -0.1) is 5.10 Å². The largest absolute Gasteiger partial charge is 0.508 e. The first-order chi connectivity index (χ1) is 15.5. The third kappa shape index (κ3) is 4.51. The van der Waals surface area contributed by atoms with E-state index >= 15 is 0 Å². The number of nitrogens with zero attached hydrogens (tertiary/aromatic N) is 3. The van der Waals surface area contributed by atoms with E-state index in [0.717, 1.165) is 5.56 Å². The molecule has 9 heteroatoms. The highest BCUT2D eigenvalue weighted by molar-refractivity contribution is 7.98. The van der Waals surface area contributed by atoms with Crippen LogP contribution in [-0.2, 0) is 15.3 Å². The summed E-state index contributed by atoms with van der Waals surface area (Å²) in [6.45, 7) is 5.47. The second-order valence-corrected chi connectivity index (χ2v) is 8.44. The maximum atomic E-state index is 12.9. The molecule has 0 aliphatic carbocycles. The summed E-state index contributed by atoms with van der Waals surface area (Å²) in [7, 11) is 0. The first-order valence-electron chi connectivity index (χ1n) is 9.85. The van der Waals surface area contributed by atoms with Crippen LogP contribution in [0, 0.1) is 0 Å². The Kier molecular flexibility index (Phi) is 6.53. The van der Waals surface area contributed by atoms with Crippen LogP contribution in [-0.4, -0.2) is 32.4 Å². The number of ether oxygens (including phenoxy) is 1. The number of esters is 1. The molecule has 2 aromatic carbocycles. The molecule has 1 aliphatic rings. The molecule has 0 saturated carbocycles. The third-order valence-electron chi connectivity index (χ3n) is 4.89. The Bertz CT molecular complexity index is 1210. The lowest BCUT2D eigenvalue weighted by atomic mass is 9.95. The number of benzene rings is 2. The normalized spacial score (nSPS) is 15.1. The molecular weight excluding hydrogens is 448 g/mol. The molecular formula is C23H21ClN4O3S. The lowest BCUT2D eigenvalue weighted by Crippen LogP contribution is -2.29. The van der Waals surface area contributed by atoms with Gasteiger partial charge in [0, 0.05) is 16.5 Å². The average Bonchev–Trinajstić information content (AvgIpc) is 3.18. The van der Waals surface area contributed by atoms with Crippen LogP contribution < -0.4 is 5.32 Å². The van der Waals surface area contributed by atoms with E-state index in [1.54, 1.807) is 29.8 Å². The molecule has 164 valence electrons. The van der Waals surface area contributed by atoms with Gasteiger partial charge >= 0.3 is 5.97 Å². The number of carbonyl (C=O) groups excluding carboxylic acids is 1. The summed E-state index contributed by atoms with van der Waals surface area (Å²) in [5, 5.41) is 19.1. The molecule has 7 nitrogen and oxygen atoms in total. The van der Waals surface area contributed by atoms with E-state index in [1.807, 2.05) is 30.3 Å². The SMILES string of the molecule is C=CCOC(=O)C1=C(C)Nc2nc(SCc3ccccc3Cl)nn2C1c1cccc(O)c1. The summed E-state index contributed by atoms with van der Waals surface area (Å²) >= 11 is 7.71. The van der Waals surface area contributed by atoms with Gasteiger partial charge in [-0.2, -0.15) is 4.98 Å². The van der Waals surface area contributed by atoms with Crippen LogP contribution in [0.5, 0.6) is 5.75 Å². The molecule has 3 aromatic rings. The summed E-state index contributed by atoms with van der Waals surface area (Å²) in [4.78, 5) is 17.5. The van der Waals surface area contributed by atoms with Crippen molar-refractivity contribution in [3.05, 3.63) is 88.6 Å². The fourth-order valence-corrected chi connectivity index (χ4v) is 4.54. The topological polar surface area (TPSA) is 89.3 Å². The summed E-state index contributed by atoms with van der Waals surface area (Å²) in [6, 6.07) is 13.7. The standard InChI is InChI=1S/C23H21ClN4O3S/c1-3-11-31-21(30)19-14(2)25-22-26-23(32-13-16-7-4-5-10-18(16)24)27-28(22)20(19)15-8-6-9-17(29)12-15/h3-10,12,20,29H,1,11,13H2,2H3,(H,25,26,27). The van der Waals surface area contributed by atoms with Crippen molar-refractivity contribution < 1.29 is 14.6 Å². The second-order valence-electron chi connectivity index (χ2n) is 7.09. The van der Waals surface area contributed by atoms with E-state index in [2.05, 4.69) is 22.0 Å². The minimum Gasteiger partial charge on any atom is -0.508 e. The average molecular weight is 469 g/mol. The Balaban J connectivity index is 1.70. The first-order valence-corrected chi connectivity index (χ1v) is 11.2. The number of nitrogens with one attached hydrogen (secondary N) is 1. The van der Waals surface area contributed by atoms with Crippen molar-refractivity contribution in [1.82, 2.24) is 14.8 Å². The van der Waals surface area contributed by atoms with E-state index in [4.69, 9.17) is 16.3 Å². The molecule has 0 radical (unpaired) electrons. The minimum atomic E-state index is -0.613. The molecule has 2 N–H and O–H groups in total. The zero-order valence-corrected chi connectivity index (χ0v) is 18.9. The van der Waals surface area contributed by atoms with Crippen molar-refractivity contribution in [2.24, 2.45) is 0 Å². The second kappa shape index (κ2) is 9.50. The molecule has 0 bridgehead atoms. The van der Waals surface area contributed by atoms with E-state index in [0.29, 0.717) is 38.7 Å². The van der Waals surface area contributed by atoms with Gasteiger partial charge in [-0.3, -0.25) is 0 Å². The number of hydrogen-bond acceptors (Lipinski definition) is 7. The Morgan fingerprint density at radius 2 is 2.16 bits per heavy atom. The number of allylic oxidation sites excluding steroid dienone is 1. The van der Waals surface area contributed by atoms with Crippen LogP contribution in [0.1, 0.15) is 24.1 Å². The quantitative estimate of drug-likeness (QED) is 0.288. The molecule has 32 heavy (non-hydrogen) atoms. The minimum absolute atomic E-state index is 0.0888. The predicted octanol–water partition coefficient (Wildman–Crippen LogP) is 4.95. The molecule has 0 spiro atoms. The molecule has 1 aliphatic heterocycles. The predicted molar refractivity (Wildman–Crippen MR) is 125 cm³/mol. The van der Waals surface area contributed by atoms with Crippen molar-refractivity contribution in [2.75, 3.05) is 11.9 Å². The molecule has 1 aromatic heterocycles. The number of phenols is 1. The molecule has 4 rings (SSSR count). The fourth-order valence-electron chi connectivity index (χ4n) is 3.43. The van der Waals surface area contributed by atoms with Gasteiger partial charge in [0.2, 0.25) is 11.1 Å². The van der Waals surface area contributed by atoms with Gasteiger partial charge in [-0.05, 0) is 36.2 Å². The number of halogens is 1. The Morgan fingerprint density at radius 3 is 2.91 bits per heavy atom. The van der Waals surface area contributed by atoms with E-state index in [9.17, 15) is 9.90 Å². The van der Waals surface area contributed by atoms with Crippen LogP contribution in [0.4, 0.5) is 5.95 Å². The zero-order chi connectivity index (χ0) is 22.7. The maximum Gasteiger partial charge on any atom is 0.338 e. The molecule has 1 unspecified atom stereocenters. The van der Waals surface area contributed by atoms with E-state index < -0.39 is 12.0 Å². The summed E-state index contributed by atoms with van der Waals surface area (Å²) in [5.74, 6) is 0.695. The van der Waals surface area contributed by atoms with Gasteiger partial charge in [0.05, 0.1) is 5.57 Å². The summed E-state index contributed by atoms with van der Waals surface area (Å²) < 4.78 is 6.96. The maximum absolute atomic E-state index is 12.9. The number of phenolic OH excluding ortho intramolecular Hbond substituents is 1. The molecule has 0 amide bonds. The van der Waals surface area contributed by atoms with Gasteiger partial charge in [-0.1, -0.05) is 66.3 Å². The van der Waals surface area contributed by atoms with Crippen LogP contribution >= 0.6 is 23.4 Å². The van der Waals surface area contributed by atoms with Crippen LogP contribution in [0.25, 0.3) is 0 Å². The Labute approximate surface area is 194 Å². The smallest absolute Gasteiger partial charge is 0.338 e. The van der Waals surface area contributed by atoms with E-state index in [1.165, 1.54) is 17.8 Å². The van der Waals surface area contributed by atoms with Crippen molar-refractivity contribution >= 4 is 35.3 Å². The van der Waals surface area contributed by atoms with Crippen LogP contribution in [0.2, 0.25) is 5.02 Å². The molecule has 2 heterocycles. The molecule has 0 saturated heterocycles. The van der Waals surface area contributed by atoms with Gasteiger partial charge < -0.3 is 15.2 Å². The molecule has 1 atom stereocenters. The summed E-state index contributed by atoms with van der Waals surface area (Å²) in [5.41, 5.74) is 2.66. The summed E-state index contributed by atoms with van der Waals surface area (Å²) in [6.07, 6.45) is 1.51. The van der Waals surface area contributed by atoms with Crippen molar-refractivity contribution in [3.8, 4) is 5.75 Å². The Hall–Kier alpha value is -3.23. The number of aromatic hydroxyl groups is 1. The zero-order valence-electron chi connectivity index (χ0n) is 17.3. The van der Waals surface area contributed by atoms with E-state index in [-0.39, 0.29) is 12.4 Å². The Morgan fingerprint density at radius 1 is 1.34 bits per heavy atom. The fraction of sp³-hybridized carbons (Fsp3) is 0.174. The number of fused-ring (bicyclic) bond motifs is 1. The third-order valence-corrected chi connectivity index (χ3v) is 6.14. The highest BCUT2D eigenvalue weighted by atomic mass is 35.5. The van der Waals surface area contributed by atoms with Crippen molar-refractivity contribution in [2.45, 2.75) is 23.9 Å². The van der Waals surface area contributed by atoms with Crippen LogP contribution in [0.15, 0.2) is 77.6 Å². The number of carbonyl (C=O) groups is 1. The van der Waals surface area contributed by atoms with Crippen molar-refractivity contribution in [3.63, 3.8) is 0 Å². The van der Waals surface area contributed by atoms with Crippen molar-refractivity contribution in [1.29, 1.82) is 0 Å². The highest BCUT2D eigenvalue weighted by Gasteiger charge is 2.35. The van der Waals surface area contributed by atoms with Gasteiger partial charge in [0.25, 0.3) is 0 Å². The monoisotopic (exact) mass is 468 g/mol. The number of rotatable bonds is 7. The van der Waals surface area contributed by atoms with Gasteiger partial charge in [-0.25, -0.2) is 9.48 Å².